The highest BCUT2D eigenvalue weighted by atomic mass is 35.5. The smallest absolute Gasteiger partial charge is 0.174 e. The number of hydrogen-bond donors (Lipinski definition) is 1. The minimum atomic E-state index is 0.406. The molecule has 1 N–H and O–H groups in total. The topological polar surface area (TPSA) is 44.3 Å². The molecule has 1 fully saturated rings. The van der Waals surface area contributed by atoms with Gasteiger partial charge in [-0.25, -0.2) is 9.97 Å². The van der Waals surface area contributed by atoms with Crippen LogP contribution in [0.5, 0.6) is 0 Å². The molecule has 0 bridgehead atoms. The highest BCUT2D eigenvalue weighted by Crippen LogP contribution is 2.22. The summed E-state index contributed by atoms with van der Waals surface area (Å²) < 4.78 is 0. The first kappa shape index (κ1) is 18.2. The van der Waals surface area contributed by atoms with E-state index in [1.165, 1.54) is 0 Å². The summed E-state index contributed by atoms with van der Waals surface area (Å²) in [6, 6.07) is 7.50. The Labute approximate surface area is 163 Å². The van der Waals surface area contributed by atoms with Crippen LogP contribution >= 0.6 is 35.4 Å². The van der Waals surface area contributed by atoms with Crippen LogP contribution in [-0.4, -0.2) is 46.2 Å². The van der Waals surface area contributed by atoms with Crippen molar-refractivity contribution in [3.8, 4) is 0 Å². The van der Waals surface area contributed by atoms with Gasteiger partial charge in [-0.15, -0.1) is 0 Å². The van der Waals surface area contributed by atoms with E-state index >= 15 is 0 Å². The van der Waals surface area contributed by atoms with Gasteiger partial charge in [-0.05, 0) is 55.9 Å². The van der Waals surface area contributed by atoms with Gasteiger partial charge in [0.15, 0.2) is 5.11 Å². The molecule has 2 aromatic heterocycles. The summed E-state index contributed by atoms with van der Waals surface area (Å²) in [5.74, 6) is 1.58. The summed E-state index contributed by atoms with van der Waals surface area (Å²) in [7, 11) is 0. The van der Waals surface area contributed by atoms with Crippen LogP contribution in [0, 0.1) is 13.8 Å². The van der Waals surface area contributed by atoms with Gasteiger partial charge in [0.05, 0.1) is 0 Å². The van der Waals surface area contributed by atoms with Crippen LogP contribution < -0.4 is 10.2 Å². The SMILES string of the molecule is Cc1cc(C)nc(NC(=S)N2CCN(c3cc(Cl)cc(Cl)n3)CC2)c1. The maximum Gasteiger partial charge on any atom is 0.174 e. The van der Waals surface area contributed by atoms with Crippen molar-refractivity contribution in [2.75, 3.05) is 36.4 Å². The molecule has 2 aromatic rings. The molecule has 0 radical (unpaired) electrons. The van der Waals surface area contributed by atoms with E-state index in [0.29, 0.717) is 15.3 Å². The number of nitrogens with one attached hydrogen (secondary N) is 1. The number of nitrogens with zero attached hydrogens (tertiary/aromatic N) is 4. The standard InChI is InChI=1S/C17H19Cl2N5S/c1-11-7-12(2)20-15(8-11)22-17(25)24-5-3-23(4-6-24)16-10-13(18)9-14(19)21-16/h7-10H,3-6H2,1-2H3,(H,20,22,25). The largest absolute Gasteiger partial charge is 0.353 e. The van der Waals surface area contributed by atoms with E-state index in [4.69, 9.17) is 35.4 Å². The van der Waals surface area contributed by atoms with Gasteiger partial charge < -0.3 is 15.1 Å². The van der Waals surface area contributed by atoms with E-state index in [9.17, 15) is 0 Å². The summed E-state index contributed by atoms with van der Waals surface area (Å²) in [5.41, 5.74) is 2.13. The molecule has 0 aliphatic carbocycles. The van der Waals surface area contributed by atoms with Crippen molar-refractivity contribution in [1.29, 1.82) is 0 Å². The third-order valence-corrected chi connectivity index (χ3v) is 4.74. The summed E-state index contributed by atoms with van der Waals surface area (Å²) in [4.78, 5) is 13.1. The minimum Gasteiger partial charge on any atom is -0.353 e. The fourth-order valence-corrected chi connectivity index (χ4v) is 3.60. The fraction of sp³-hybridized carbons (Fsp3) is 0.353. The maximum absolute atomic E-state index is 6.06. The van der Waals surface area contributed by atoms with Gasteiger partial charge in [0.25, 0.3) is 0 Å². The molecule has 3 heterocycles. The van der Waals surface area contributed by atoms with Crippen molar-refractivity contribution in [3.05, 3.63) is 45.7 Å². The predicted octanol–water partition coefficient (Wildman–Crippen LogP) is 3.92. The molecule has 3 rings (SSSR count). The second-order valence-electron chi connectivity index (χ2n) is 6.04. The van der Waals surface area contributed by atoms with Gasteiger partial charge >= 0.3 is 0 Å². The predicted molar refractivity (Wildman–Crippen MR) is 108 cm³/mol. The van der Waals surface area contributed by atoms with E-state index in [1.807, 2.05) is 32.0 Å². The van der Waals surface area contributed by atoms with Crippen LogP contribution in [-0.2, 0) is 0 Å². The van der Waals surface area contributed by atoms with Gasteiger partial charge in [0.2, 0.25) is 0 Å². The zero-order valence-electron chi connectivity index (χ0n) is 14.1. The zero-order valence-corrected chi connectivity index (χ0v) is 16.4. The van der Waals surface area contributed by atoms with E-state index in [1.54, 1.807) is 6.07 Å². The van der Waals surface area contributed by atoms with Gasteiger partial charge in [-0.3, -0.25) is 0 Å². The monoisotopic (exact) mass is 395 g/mol. The molecule has 1 aliphatic heterocycles. The lowest BCUT2D eigenvalue weighted by Crippen LogP contribution is -2.50. The third-order valence-electron chi connectivity index (χ3n) is 3.97. The molecule has 132 valence electrons. The number of pyridine rings is 2. The minimum absolute atomic E-state index is 0.406. The van der Waals surface area contributed by atoms with Crippen molar-refractivity contribution < 1.29 is 0 Å². The molecule has 0 spiro atoms. The van der Waals surface area contributed by atoms with Crippen LogP contribution in [0.25, 0.3) is 0 Å². The highest BCUT2D eigenvalue weighted by Gasteiger charge is 2.20. The van der Waals surface area contributed by atoms with Gasteiger partial charge in [0.1, 0.15) is 16.8 Å². The number of anilines is 2. The van der Waals surface area contributed by atoms with Crippen LogP contribution in [0.15, 0.2) is 24.3 Å². The van der Waals surface area contributed by atoms with Crippen LogP contribution in [0.4, 0.5) is 11.6 Å². The van der Waals surface area contributed by atoms with Crippen LogP contribution in [0.3, 0.4) is 0 Å². The number of aryl methyl sites for hydroxylation is 2. The molecule has 0 atom stereocenters. The summed E-state index contributed by atoms with van der Waals surface area (Å²) in [5, 5.41) is 4.92. The Kier molecular flexibility index (Phi) is 5.61. The number of halogens is 2. The van der Waals surface area contributed by atoms with Gasteiger partial charge in [-0.1, -0.05) is 23.2 Å². The first-order valence-electron chi connectivity index (χ1n) is 8.00. The van der Waals surface area contributed by atoms with Crippen molar-refractivity contribution in [3.63, 3.8) is 0 Å². The number of piperazine rings is 1. The molecular weight excluding hydrogens is 377 g/mol. The quantitative estimate of drug-likeness (QED) is 0.613. The summed E-state index contributed by atoms with van der Waals surface area (Å²) in [6.45, 7) is 7.20. The molecule has 0 amide bonds. The van der Waals surface area contributed by atoms with E-state index < -0.39 is 0 Å². The molecule has 0 aromatic carbocycles. The van der Waals surface area contributed by atoms with Crippen LogP contribution in [0.2, 0.25) is 10.2 Å². The second-order valence-corrected chi connectivity index (χ2v) is 7.25. The van der Waals surface area contributed by atoms with Crippen molar-refractivity contribution in [2.24, 2.45) is 0 Å². The first-order valence-corrected chi connectivity index (χ1v) is 9.16. The lowest BCUT2D eigenvalue weighted by atomic mass is 10.2. The van der Waals surface area contributed by atoms with Crippen LogP contribution in [0.1, 0.15) is 11.3 Å². The molecule has 1 saturated heterocycles. The Hall–Kier alpha value is -1.63. The molecule has 0 saturated carbocycles. The number of thiocarbonyl (C=S) groups is 1. The molecule has 25 heavy (non-hydrogen) atoms. The molecular formula is C17H19Cl2N5S. The lowest BCUT2D eigenvalue weighted by molar-refractivity contribution is 0.389. The van der Waals surface area contributed by atoms with Gasteiger partial charge in [0, 0.05) is 36.9 Å². The number of hydrogen-bond acceptors (Lipinski definition) is 4. The van der Waals surface area contributed by atoms with E-state index in [0.717, 1.165) is 49.1 Å². The van der Waals surface area contributed by atoms with Crippen molar-refractivity contribution in [2.45, 2.75) is 13.8 Å². The average Bonchev–Trinajstić information content (AvgIpc) is 2.53. The molecule has 8 heteroatoms. The third kappa shape index (κ3) is 4.71. The van der Waals surface area contributed by atoms with Crippen molar-refractivity contribution in [1.82, 2.24) is 14.9 Å². The van der Waals surface area contributed by atoms with Crippen molar-refractivity contribution >= 4 is 52.2 Å². The van der Waals surface area contributed by atoms with E-state index in [2.05, 4.69) is 25.1 Å². The Morgan fingerprint density at radius 3 is 2.40 bits per heavy atom. The summed E-state index contributed by atoms with van der Waals surface area (Å²) in [6.07, 6.45) is 0. The molecule has 1 aliphatic rings. The maximum atomic E-state index is 6.06. The Morgan fingerprint density at radius 2 is 1.76 bits per heavy atom. The molecule has 5 nitrogen and oxygen atoms in total. The highest BCUT2D eigenvalue weighted by molar-refractivity contribution is 7.80. The van der Waals surface area contributed by atoms with Gasteiger partial charge in [-0.2, -0.15) is 0 Å². The average molecular weight is 396 g/mol. The zero-order chi connectivity index (χ0) is 18.0. The normalized spacial score (nSPS) is 14.6. The first-order chi connectivity index (χ1) is 11.9. The second kappa shape index (κ2) is 7.72. The lowest BCUT2D eigenvalue weighted by Gasteiger charge is -2.36. The number of rotatable bonds is 2. The summed E-state index contributed by atoms with van der Waals surface area (Å²) >= 11 is 17.6. The van der Waals surface area contributed by atoms with E-state index in [-0.39, 0.29) is 0 Å². The number of aromatic nitrogens is 2. The Morgan fingerprint density at radius 1 is 1.04 bits per heavy atom. The fourth-order valence-electron chi connectivity index (χ4n) is 2.85. The Bertz CT molecular complexity index is 750. The molecule has 0 unspecified atom stereocenters. The Balaban J connectivity index is 1.60.